The molecule has 0 spiro atoms. The molecule has 134 valence electrons. The fourth-order valence-electron chi connectivity index (χ4n) is 2.78. The Morgan fingerprint density at radius 3 is 2.50 bits per heavy atom. The highest BCUT2D eigenvalue weighted by Crippen LogP contribution is 2.29. The first kappa shape index (κ1) is 18.0. The number of hydrogen-bond donors (Lipinski definition) is 0. The fourth-order valence-corrected chi connectivity index (χ4v) is 2.90. The molecule has 0 fully saturated rings. The second kappa shape index (κ2) is 7.22. The van der Waals surface area contributed by atoms with Gasteiger partial charge >= 0.3 is 11.6 Å². The minimum atomic E-state index is -0.765. The van der Waals surface area contributed by atoms with Crippen LogP contribution in [-0.4, -0.2) is 19.2 Å². The molecule has 0 saturated heterocycles. The van der Waals surface area contributed by atoms with E-state index in [0.29, 0.717) is 21.9 Å². The summed E-state index contributed by atoms with van der Waals surface area (Å²) in [6.07, 6.45) is -0.765. The van der Waals surface area contributed by atoms with Crippen molar-refractivity contribution in [3.63, 3.8) is 0 Å². The number of benzene rings is 2. The van der Waals surface area contributed by atoms with Crippen LogP contribution in [0.4, 0.5) is 0 Å². The summed E-state index contributed by atoms with van der Waals surface area (Å²) in [5.74, 6) is -0.0713. The predicted molar refractivity (Wildman–Crippen MR) is 99.8 cm³/mol. The average molecular weight is 373 g/mol. The number of esters is 1. The third kappa shape index (κ3) is 3.44. The molecule has 0 radical (unpaired) electrons. The molecule has 1 unspecified atom stereocenters. The van der Waals surface area contributed by atoms with Crippen molar-refractivity contribution in [2.45, 2.75) is 20.0 Å². The second-order valence-electron chi connectivity index (χ2n) is 5.84. The fraction of sp³-hybridized carbons (Fsp3) is 0.200. The van der Waals surface area contributed by atoms with Crippen molar-refractivity contribution in [1.82, 2.24) is 0 Å². The average Bonchev–Trinajstić information content (AvgIpc) is 2.62. The first-order chi connectivity index (χ1) is 12.4. The van der Waals surface area contributed by atoms with Crippen LogP contribution in [0.25, 0.3) is 22.1 Å². The zero-order valence-electron chi connectivity index (χ0n) is 14.5. The summed E-state index contributed by atoms with van der Waals surface area (Å²) >= 11 is 5.92. The highest BCUT2D eigenvalue weighted by atomic mass is 35.5. The van der Waals surface area contributed by atoms with E-state index in [9.17, 15) is 9.59 Å². The number of halogens is 1. The van der Waals surface area contributed by atoms with Gasteiger partial charge in [-0.05, 0) is 49.2 Å². The van der Waals surface area contributed by atoms with Crippen LogP contribution in [-0.2, 0) is 9.53 Å². The van der Waals surface area contributed by atoms with E-state index in [1.807, 2.05) is 6.92 Å². The van der Waals surface area contributed by atoms with Crippen LogP contribution in [0.5, 0.6) is 5.75 Å². The monoisotopic (exact) mass is 372 g/mol. The largest absolute Gasteiger partial charge is 0.479 e. The second-order valence-corrected chi connectivity index (χ2v) is 6.27. The minimum Gasteiger partial charge on any atom is -0.479 e. The molecule has 0 aliphatic heterocycles. The zero-order chi connectivity index (χ0) is 18.8. The van der Waals surface area contributed by atoms with Crippen molar-refractivity contribution >= 4 is 28.5 Å². The van der Waals surface area contributed by atoms with E-state index in [1.165, 1.54) is 7.11 Å². The molecular weight excluding hydrogens is 356 g/mol. The van der Waals surface area contributed by atoms with Crippen molar-refractivity contribution < 1.29 is 18.7 Å². The highest BCUT2D eigenvalue weighted by molar-refractivity contribution is 6.30. The van der Waals surface area contributed by atoms with Crippen molar-refractivity contribution in [1.29, 1.82) is 0 Å². The van der Waals surface area contributed by atoms with Gasteiger partial charge in [0.15, 0.2) is 6.10 Å². The molecule has 2 aromatic carbocycles. The smallest absolute Gasteiger partial charge is 0.346 e. The van der Waals surface area contributed by atoms with Crippen molar-refractivity contribution in [2.24, 2.45) is 0 Å². The van der Waals surface area contributed by atoms with E-state index in [-0.39, 0.29) is 0 Å². The Morgan fingerprint density at radius 2 is 1.85 bits per heavy atom. The maximum atomic E-state index is 12.5. The third-order valence-corrected chi connectivity index (χ3v) is 4.37. The van der Waals surface area contributed by atoms with Gasteiger partial charge in [-0.1, -0.05) is 23.7 Å². The first-order valence-electron chi connectivity index (χ1n) is 7.98. The van der Waals surface area contributed by atoms with Gasteiger partial charge in [0, 0.05) is 16.5 Å². The molecule has 3 aromatic rings. The SMILES string of the molecule is COC(=O)C(C)Oc1ccc2c(C)c(-c3ccc(Cl)cc3)c(=O)oc2c1. The lowest BCUT2D eigenvalue weighted by atomic mass is 9.99. The molecule has 0 saturated carbocycles. The zero-order valence-corrected chi connectivity index (χ0v) is 15.3. The molecule has 26 heavy (non-hydrogen) atoms. The molecule has 0 amide bonds. The van der Waals surface area contributed by atoms with Gasteiger partial charge in [0.2, 0.25) is 0 Å². The Balaban J connectivity index is 2.05. The van der Waals surface area contributed by atoms with E-state index < -0.39 is 17.7 Å². The van der Waals surface area contributed by atoms with Crippen LogP contribution >= 0.6 is 11.6 Å². The summed E-state index contributed by atoms with van der Waals surface area (Å²) in [7, 11) is 1.29. The predicted octanol–water partition coefficient (Wildman–Crippen LogP) is 4.36. The molecule has 1 aromatic heterocycles. The van der Waals surface area contributed by atoms with Crippen molar-refractivity contribution in [3.05, 3.63) is 63.5 Å². The van der Waals surface area contributed by atoms with Crippen LogP contribution < -0.4 is 10.4 Å². The van der Waals surface area contributed by atoms with Gasteiger partial charge in [-0.2, -0.15) is 0 Å². The molecular formula is C20H17ClO5. The number of rotatable bonds is 4. The Bertz CT molecular complexity index is 1020. The maximum Gasteiger partial charge on any atom is 0.346 e. The van der Waals surface area contributed by atoms with E-state index in [4.69, 9.17) is 20.8 Å². The maximum absolute atomic E-state index is 12.5. The van der Waals surface area contributed by atoms with Gasteiger partial charge in [0.1, 0.15) is 11.3 Å². The summed E-state index contributed by atoms with van der Waals surface area (Å²) in [5.41, 5.74) is 1.97. The Labute approximate surface area is 155 Å². The quantitative estimate of drug-likeness (QED) is 0.502. The molecule has 0 N–H and O–H groups in total. The Morgan fingerprint density at radius 1 is 1.15 bits per heavy atom. The topological polar surface area (TPSA) is 65.7 Å². The van der Waals surface area contributed by atoms with Gasteiger partial charge in [-0.15, -0.1) is 0 Å². The van der Waals surface area contributed by atoms with Gasteiger partial charge in [-0.25, -0.2) is 9.59 Å². The molecule has 6 heteroatoms. The van der Waals surface area contributed by atoms with Crippen LogP contribution in [0.2, 0.25) is 5.02 Å². The molecule has 0 aliphatic carbocycles. The first-order valence-corrected chi connectivity index (χ1v) is 8.36. The lowest BCUT2D eigenvalue weighted by molar-refractivity contribution is -0.147. The van der Waals surface area contributed by atoms with Crippen molar-refractivity contribution in [3.8, 4) is 16.9 Å². The summed E-state index contributed by atoms with van der Waals surface area (Å²) in [6.45, 7) is 3.45. The summed E-state index contributed by atoms with van der Waals surface area (Å²) < 4.78 is 15.7. The number of aryl methyl sites for hydroxylation is 1. The lowest BCUT2D eigenvalue weighted by Gasteiger charge is -2.13. The molecule has 5 nitrogen and oxygen atoms in total. The third-order valence-electron chi connectivity index (χ3n) is 4.12. The number of carbonyl (C=O) groups is 1. The number of ether oxygens (including phenoxy) is 2. The van der Waals surface area contributed by atoms with Gasteiger partial charge in [0.05, 0.1) is 12.7 Å². The summed E-state index contributed by atoms with van der Waals surface area (Å²) in [6, 6.07) is 12.1. The van der Waals surface area contributed by atoms with Gasteiger partial charge in [0.25, 0.3) is 0 Å². The highest BCUT2D eigenvalue weighted by Gasteiger charge is 2.17. The molecule has 0 aliphatic rings. The molecule has 3 rings (SSSR count). The van der Waals surface area contributed by atoms with Crippen LogP contribution in [0.3, 0.4) is 0 Å². The minimum absolute atomic E-state index is 0.389. The number of methoxy groups -OCH3 is 1. The standard InChI is InChI=1S/C20H17ClO5/c1-11-16-9-8-15(25-12(2)19(22)24-3)10-17(16)26-20(23)18(11)13-4-6-14(21)7-5-13/h4-10,12H,1-3H3. The van der Waals surface area contributed by atoms with Crippen molar-refractivity contribution in [2.75, 3.05) is 7.11 Å². The summed E-state index contributed by atoms with van der Waals surface area (Å²) in [5, 5.41) is 1.38. The van der Waals surface area contributed by atoms with Gasteiger partial charge < -0.3 is 13.9 Å². The van der Waals surface area contributed by atoms with E-state index >= 15 is 0 Å². The van der Waals surface area contributed by atoms with E-state index in [1.54, 1.807) is 49.4 Å². The number of hydrogen-bond acceptors (Lipinski definition) is 5. The Kier molecular flexibility index (Phi) is 5.00. The van der Waals surface area contributed by atoms with Crippen LogP contribution in [0.1, 0.15) is 12.5 Å². The van der Waals surface area contributed by atoms with Gasteiger partial charge in [-0.3, -0.25) is 0 Å². The molecule has 1 atom stereocenters. The van der Waals surface area contributed by atoms with E-state index in [2.05, 4.69) is 4.74 Å². The van der Waals surface area contributed by atoms with Crippen LogP contribution in [0, 0.1) is 6.92 Å². The van der Waals surface area contributed by atoms with Crippen LogP contribution in [0.15, 0.2) is 51.7 Å². The normalized spacial score (nSPS) is 12.0. The Hall–Kier alpha value is -2.79. The lowest BCUT2D eigenvalue weighted by Crippen LogP contribution is -2.24. The number of fused-ring (bicyclic) bond motifs is 1. The van der Waals surface area contributed by atoms with E-state index in [0.717, 1.165) is 16.5 Å². The number of carbonyl (C=O) groups excluding carboxylic acids is 1. The molecule has 0 bridgehead atoms. The molecule has 1 heterocycles. The summed E-state index contributed by atoms with van der Waals surface area (Å²) in [4.78, 5) is 24.0.